The molecule has 3 aromatic rings. The van der Waals surface area contributed by atoms with Crippen molar-refractivity contribution in [1.82, 2.24) is 20.0 Å². The summed E-state index contributed by atoms with van der Waals surface area (Å²) in [5, 5.41) is 4.13. The van der Waals surface area contributed by atoms with Gasteiger partial charge in [-0.3, -0.25) is 9.88 Å². The molecule has 1 aromatic carbocycles. The van der Waals surface area contributed by atoms with Gasteiger partial charge in [0.2, 0.25) is 18.5 Å². The second kappa shape index (κ2) is 8.18. The van der Waals surface area contributed by atoms with Gasteiger partial charge in [-0.25, -0.2) is 0 Å². The fraction of sp³-hybridized carbons (Fsp3) is 0.381. The largest absolute Gasteiger partial charge is 0.454 e. The molecule has 0 unspecified atom stereocenters. The zero-order valence-corrected chi connectivity index (χ0v) is 16.0. The molecule has 0 spiro atoms. The maximum absolute atomic E-state index is 6.08. The predicted octanol–water partition coefficient (Wildman–Crippen LogP) is 3.04. The number of likely N-dealkylation sites (tertiary alicyclic amines) is 1. The molecular formula is C21H22N4O4. The molecule has 150 valence electrons. The molecule has 0 amide bonds. The van der Waals surface area contributed by atoms with Gasteiger partial charge in [0, 0.05) is 24.5 Å². The minimum absolute atomic E-state index is 0.195. The van der Waals surface area contributed by atoms with Crippen LogP contribution in [0.2, 0.25) is 0 Å². The monoisotopic (exact) mass is 394 g/mol. The molecule has 0 bridgehead atoms. The van der Waals surface area contributed by atoms with Gasteiger partial charge in [-0.1, -0.05) is 11.2 Å². The molecule has 2 aliphatic heterocycles. The third kappa shape index (κ3) is 4.23. The summed E-state index contributed by atoms with van der Waals surface area (Å²) in [7, 11) is 0. The fourth-order valence-electron chi connectivity index (χ4n) is 3.65. The van der Waals surface area contributed by atoms with Gasteiger partial charge in [0.25, 0.3) is 0 Å². The molecule has 5 rings (SSSR count). The standard InChI is InChI=1S/C21H22N4O4/c1-3-15(10-22-7-1)13-26-17-4-2-8-25(11-17)12-20-23-21(24-29-20)16-5-6-18-19(9-16)28-14-27-18/h1,3,5-7,9-10,17H,2,4,8,11-14H2/t17-/m1/s1. The van der Waals surface area contributed by atoms with Crippen LogP contribution in [0.3, 0.4) is 0 Å². The highest BCUT2D eigenvalue weighted by Gasteiger charge is 2.23. The Hall–Kier alpha value is -2.97. The summed E-state index contributed by atoms with van der Waals surface area (Å²) in [6, 6.07) is 9.61. The SMILES string of the molecule is c1cncc(CO[C@@H]2CCCN(Cc3nc(-c4ccc5c(c4)OCO5)no3)C2)c1. The maximum atomic E-state index is 6.08. The van der Waals surface area contributed by atoms with Crippen LogP contribution in [0.4, 0.5) is 0 Å². The Morgan fingerprint density at radius 1 is 1.17 bits per heavy atom. The molecule has 8 nitrogen and oxygen atoms in total. The van der Waals surface area contributed by atoms with Crippen LogP contribution in [-0.2, 0) is 17.9 Å². The highest BCUT2D eigenvalue weighted by Crippen LogP contribution is 2.35. The minimum Gasteiger partial charge on any atom is -0.454 e. The molecule has 1 saturated heterocycles. The number of fused-ring (bicyclic) bond motifs is 1. The molecule has 1 atom stereocenters. The van der Waals surface area contributed by atoms with Crippen molar-refractivity contribution in [3.63, 3.8) is 0 Å². The van der Waals surface area contributed by atoms with Crippen LogP contribution in [0.5, 0.6) is 11.5 Å². The average molecular weight is 394 g/mol. The first-order valence-corrected chi connectivity index (χ1v) is 9.79. The van der Waals surface area contributed by atoms with Crippen LogP contribution in [0, 0.1) is 0 Å². The number of hydrogen-bond donors (Lipinski definition) is 0. The van der Waals surface area contributed by atoms with Crippen molar-refractivity contribution < 1.29 is 18.7 Å². The molecule has 0 aliphatic carbocycles. The average Bonchev–Trinajstić information content (AvgIpc) is 3.42. The van der Waals surface area contributed by atoms with Crippen LogP contribution >= 0.6 is 0 Å². The summed E-state index contributed by atoms with van der Waals surface area (Å²) >= 11 is 0. The lowest BCUT2D eigenvalue weighted by Gasteiger charge is -2.31. The number of ether oxygens (including phenoxy) is 3. The van der Waals surface area contributed by atoms with Crippen LogP contribution in [0.15, 0.2) is 47.2 Å². The van der Waals surface area contributed by atoms with E-state index in [1.807, 2.05) is 36.5 Å². The Balaban J connectivity index is 1.18. The molecule has 1 fully saturated rings. The summed E-state index contributed by atoms with van der Waals surface area (Å²) in [6.07, 6.45) is 5.95. The normalized spacial score (nSPS) is 18.8. The lowest BCUT2D eigenvalue weighted by Crippen LogP contribution is -2.39. The summed E-state index contributed by atoms with van der Waals surface area (Å²) in [6.45, 7) is 3.29. The minimum atomic E-state index is 0.195. The summed E-state index contributed by atoms with van der Waals surface area (Å²) in [5.41, 5.74) is 1.94. The van der Waals surface area contributed by atoms with Gasteiger partial charge in [-0.05, 0) is 49.2 Å². The first-order valence-electron chi connectivity index (χ1n) is 9.79. The first kappa shape index (κ1) is 18.1. The van der Waals surface area contributed by atoms with Crippen molar-refractivity contribution in [1.29, 1.82) is 0 Å². The number of nitrogens with zero attached hydrogens (tertiary/aromatic N) is 4. The van der Waals surface area contributed by atoms with Gasteiger partial charge < -0.3 is 18.7 Å². The Labute approximate surface area is 168 Å². The third-order valence-corrected chi connectivity index (χ3v) is 5.13. The van der Waals surface area contributed by atoms with E-state index < -0.39 is 0 Å². The van der Waals surface area contributed by atoms with Gasteiger partial charge in [-0.2, -0.15) is 4.98 Å². The van der Waals surface area contributed by atoms with Gasteiger partial charge >= 0.3 is 0 Å². The molecule has 0 N–H and O–H groups in total. The molecule has 0 radical (unpaired) electrons. The second-order valence-corrected chi connectivity index (χ2v) is 7.25. The van der Waals surface area contributed by atoms with Crippen molar-refractivity contribution in [3.8, 4) is 22.9 Å². The molecule has 29 heavy (non-hydrogen) atoms. The van der Waals surface area contributed by atoms with Crippen LogP contribution in [0.1, 0.15) is 24.3 Å². The molecule has 8 heteroatoms. The van der Waals surface area contributed by atoms with Crippen LogP contribution in [0.25, 0.3) is 11.4 Å². The van der Waals surface area contributed by atoms with Gasteiger partial charge in [0.05, 0.1) is 19.3 Å². The lowest BCUT2D eigenvalue weighted by atomic mass is 10.1. The first-order chi connectivity index (χ1) is 14.3. The molecule has 4 heterocycles. The Morgan fingerprint density at radius 2 is 2.14 bits per heavy atom. The fourth-order valence-corrected chi connectivity index (χ4v) is 3.65. The van der Waals surface area contributed by atoms with Crippen molar-refractivity contribution in [2.45, 2.75) is 32.1 Å². The Bertz CT molecular complexity index is 962. The quantitative estimate of drug-likeness (QED) is 0.631. The number of benzene rings is 1. The van der Waals surface area contributed by atoms with Crippen molar-refractivity contribution in [2.24, 2.45) is 0 Å². The van der Waals surface area contributed by atoms with Crippen LogP contribution in [-0.4, -0.2) is 46.0 Å². The maximum Gasteiger partial charge on any atom is 0.241 e. The van der Waals surface area contributed by atoms with Gasteiger partial charge in [0.1, 0.15) is 0 Å². The molecular weight excluding hydrogens is 372 g/mol. The van der Waals surface area contributed by atoms with E-state index in [2.05, 4.69) is 20.0 Å². The lowest BCUT2D eigenvalue weighted by molar-refractivity contribution is -0.0142. The highest BCUT2D eigenvalue weighted by atomic mass is 16.7. The zero-order valence-electron chi connectivity index (χ0n) is 16.0. The summed E-state index contributed by atoms with van der Waals surface area (Å²) in [5.74, 6) is 2.60. The smallest absolute Gasteiger partial charge is 0.241 e. The summed E-state index contributed by atoms with van der Waals surface area (Å²) < 4.78 is 22.3. The van der Waals surface area contributed by atoms with Crippen molar-refractivity contribution in [2.75, 3.05) is 19.9 Å². The number of rotatable bonds is 6. The van der Waals surface area contributed by atoms with E-state index in [1.54, 1.807) is 6.20 Å². The molecule has 2 aliphatic rings. The van der Waals surface area contributed by atoms with Gasteiger partial charge in [0.15, 0.2) is 11.5 Å². The van der Waals surface area contributed by atoms with Crippen molar-refractivity contribution in [3.05, 3.63) is 54.2 Å². The Kier molecular flexibility index (Phi) is 5.10. The predicted molar refractivity (Wildman–Crippen MR) is 103 cm³/mol. The topological polar surface area (TPSA) is 82.7 Å². The van der Waals surface area contributed by atoms with E-state index >= 15 is 0 Å². The zero-order chi connectivity index (χ0) is 19.5. The Morgan fingerprint density at radius 3 is 3.07 bits per heavy atom. The van der Waals surface area contributed by atoms with Crippen molar-refractivity contribution >= 4 is 0 Å². The number of hydrogen-bond acceptors (Lipinski definition) is 8. The van der Waals surface area contributed by atoms with Crippen LogP contribution < -0.4 is 9.47 Å². The van der Waals surface area contributed by atoms with E-state index in [9.17, 15) is 0 Å². The van der Waals surface area contributed by atoms with E-state index in [1.165, 1.54) is 0 Å². The van der Waals surface area contributed by atoms with E-state index in [0.717, 1.165) is 42.8 Å². The van der Waals surface area contributed by atoms with Gasteiger partial charge in [-0.15, -0.1) is 0 Å². The van der Waals surface area contributed by atoms with E-state index in [4.69, 9.17) is 18.7 Å². The van der Waals surface area contributed by atoms with E-state index in [-0.39, 0.29) is 12.9 Å². The highest BCUT2D eigenvalue weighted by molar-refractivity contribution is 5.61. The summed E-state index contributed by atoms with van der Waals surface area (Å²) in [4.78, 5) is 11.0. The molecule has 0 saturated carbocycles. The second-order valence-electron chi connectivity index (χ2n) is 7.25. The number of pyridine rings is 1. The number of aromatic nitrogens is 3. The van der Waals surface area contributed by atoms with E-state index in [0.29, 0.717) is 30.6 Å². The third-order valence-electron chi connectivity index (χ3n) is 5.13. The molecule has 2 aromatic heterocycles. The number of piperidine rings is 1.